The molecule has 3 atom stereocenters. The summed E-state index contributed by atoms with van der Waals surface area (Å²) < 4.78 is 0. The van der Waals surface area contributed by atoms with Gasteiger partial charge in [-0.25, -0.2) is 0 Å². The fourth-order valence-electron chi connectivity index (χ4n) is 4.43. The first-order valence-electron chi connectivity index (χ1n) is 7.19. The molecule has 88 valence electrons. The molecular formula is C15H28. The summed E-state index contributed by atoms with van der Waals surface area (Å²) in [7, 11) is 0. The molecule has 0 heterocycles. The van der Waals surface area contributed by atoms with Crippen LogP contribution in [-0.2, 0) is 0 Å². The Balaban J connectivity index is 2.06. The molecule has 0 saturated heterocycles. The molecule has 0 radical (unpaired) electrons. The van der Waals surface area contributed by atoms with Crippen LogP contribution in [0, 0.1) is 23.2 Å². The minimum atomic E-state index is 0.727. The smallest absolute Gasteiger partial charge is 0.0295 e. The standard InChI is InChI=1S/C15H28/c1-4-12-10-13(5-2)14(11-12)15(3)8-6-7-9-15/h12-14H,4-11H2,1-3H3. The van der Waals surface area contributed by atoms with Crippen LogP contribution in [0.3, 0.4) is 0 Å². The average Bonchev–Trinajstić information content (AvgIpc) is 2.84. The van der Waals surface area contributed by atoms with Gasteiger partial charge in [-0.05, 0) is 48.9 Å². The van der Waals surface area contributed by atoms with Crippen LogP contribution in [0.15, 0.2) is 0 Å². The summed E-state index contributed by atoms with van der Waals surface area (Å²) in [6.45, 7) is 7.39. The van der Waals surface area contributed by atoms with Gasteiger partial charge >= 0.3 is 0 Å². The van der Waals surface area contributed by atoms with E-state index in [1.807, 2.05) is 0 Å². The van der Waals surface area contributed by atoms with E-state index in [4.69, 9.17) is 0 Å². The molecule has 2 aliphatic rings. The van der Waals surface area contributed by atoms with Gasteiger partial charge in [0, 0.05) is 0 Å². The summed E-state index contributed by atoms with van der Waals surface area (Å²) in [5.41, 5.74) is 0.727. The van der Waals surface area contributed by atoms with Gasteiger partial charge in [-0.2, -0.15) is 0 Å². The summed E-state index contributed by atoms with van der Waals surface area (Å²) in [5, 5.41) is 0. The minimum Gasteiger partial charge on any atom is -0.0651 e. The molecule has 0 aromatic carbocycles. The lowest BCUT2D eigenvalue weighted by atomic mass is 9.70. The van der Waals surface area contributed by atoms with Crippen LogP contribution in [0.25, 0.3) is 0 Å². The third-order valence-electron chi connectivity index (χ3n) is 5.54. The number of hydrogen-bond donors (Lipinski definition) is 0. The van der Waals surface area contributed by atoms with E-state index in [1.54, 1.807) is 6.42 Å². The van der Waals surface area contributed by atoms with Crippen molar-refractivity contribution in [1.82, 2.24) is 0 Å². The van der Waals surface area contributed by atoms with Gasteiger partial charge in [0.1, 0.15) is 0 Å². The fourth-order valence-corrected chi connectivity index (χ4v) is 4.43. The molecular weight excluding hydrogens is 180 g/mol. The van der Waals surface area contributed by atoms with Crippen LogP contribution in [0.4, 0.5) is 0 Å². The summed E-state index contributed by atoms with van der Waals surface area (Å²) >= 11 is 0. The van der Waals surface area contributed by atoms with E-state index in [9.17, 15) is 0 Å². The van der Waals surface area contributed by atoms with Crippen molar-refractivity contribution in [2.75, 3.05) is 0 Å². The largest absolute Gasteiger partial charge is 0.0651 e. The summed E-state index contributed by atoms with van der Waals surface area (Å²) in [6.07, 6.45) is 12.0. The summed E-state index contributed by atoms with van der Waals surface area (Å²) in [4.78, 5) is 0. The third kappa shape index (κ3) is 2.10. The molecule has 2 rings (SSSR count). The zero-order valence-corrected chi connectivity index (χ0v) is 10.9. The molecule has 2 aliphatic carbocycles. The first kappa shape index (κ1) is 11.5. The molecule has 0 N–H and O–H groups in total. The van der Waals surface area contributed by atoms with E-state index >= 15 is 0 Å². The molecule has 2 fully saturated rings. The van der Waals surface area contributed by atoms with Gasteiger partial charge in [0.15, 0.2) is 0 Å². The first-order chi connectivity index (χ1) is 7.19. The molecule has 0 amide bonds. The number of hydrogen-bond acceptors (Lipinski definition) is 0. The lowest BCUT2D eigenvalue weighted by Crippen LogP contribution is -2.27. The monoisotopic (exact) mass is 208 g/mol. The van der Waals surface area contributed by atoms with Crippen molar-refractivity contribution in [2.45, 2.75) is 72.1 Å². The Morgan fingerprint density at radius 1 is 1.00 bits per heavy atom. The Bertz CT molecular complexity index is 200. The molecule has 0 aliphatic heterocycles. The van der Waals surface area contributed by atoms with Gasteiger partial charge in [-0.1, -0.05) is 46.5 Å². The van der Waals surface area contributed by atoms with Crippen molar-refractivity contribution >= 4 is 0 Å². The van der Waals surface area contributed by atoms with Gasteiger partial charge in [0.2, 0.25) is 0 Å². The topological polar surface area (TPSA) is 0 Å². The Morgan fingerprint density at radius 3 is 2.20 bits per heavy atom. The third-order valence-corrected chi connectivity index (χ3v) is 5.54. The van der Waals surface area contributed by atoms with E-state index in [0.29, 0.717) is 0 Å². The summed E-state index contributed by atoms with van der Waals surface area (Å²) in [5.74, 6) is 3.17. The van der Waals surface area contributed by atoms with Crippen molar-refractivity contribution in [2.24, 2.45) is 23.2 Å². The van der Waals surface area contributed by atoms with Crippen molar-refractivity contribution in [1.29, 1.82) is 0 Å². The second-order valence-corrected chi connectivity index (χ2v) is 6.38. The molecule has 15 heavy (non-hydrogen) atoms. The minimum absolute atomic E-state index is 0.727. The molecule has 0 bridgehead atoms. The quantitative estimate of drug-likeness (QED) is 0.610. The highest BCUT2D eigenvalue weighted by Gasteiger charge is 2.44. The first-order valence-corrected chi connectivity index (χ1v) is 7.19. The van der Waals surface area contributed by atoms with Crippen LogP contribution in [0.5, 0.6) is 0 Å². The van der Waals surface area contributed by atoms with Gasteiger partial charge in [0.05, 0.1) is 0 Å². The molecule has 3 unspecified atom stereocenters. The van der Waals surface area contributed by atoms with Gasteiger partial charge in [-0.3, -0.25) is 0 Å². The maximum atomic E-state index is 2.59. The summed E-state index contributed by atoms with van der Waals surface area (Å²) in [6, 6.07) is 0. The SMILES string of the molecule is CCC1CC(CC)C(C2(C)CCCC2)C1. The Kier molecular flexibility index (Phi) is 3.42. The maximum Gasteiger partial charge on any atom is -0.0295 e. The number of rotatable bonds is 3. The maximum absolute atomic E-state index is 2.59. The van der Waals surface area contributed by atoms with Crippen LogP contribution >= 0.6 is 0 Å². The van der Waals surface area contributed by atoms with E-state index in [2.05, 4.69) is 20.8 Å². The highest BCUT2D eigenvalue weighted by Crippen LogP contribution is 2.55. The lowest BCUT2D eigenvalue weighted by molar-refractivity contribution is 0.143. The zero-order valence-electron chi connectivity index (χ0n) is 10.9. The molecule has 2 saturated carbocycles. The Morgan fingerprint density at radius 2 is 1.67 bits per heavy atom. The van der Waals surface area contributed by atoms with Gasteiger partial charge in [0.25, 0.3) is 0 Å². The van der Waals surface area contributed by atoms with E-state index in [0.717, 1.165) is 23.2 Å². The normalized spacial score (nSPS) is 39.8. The Hall–Kier alpha value is 0. The Labute approximate surface area is 95.8 Å². The van der Waals surface area contributed by atoms with Crippen molar-refractivity contribution in [3.8, 4) is 0 Å². The molecule has 0 aromatic rings. The zero-order chi connectivity index (χ0) is 10.9. The van der Waals surface area contributed by atoms with Crippen molar-refractivity contribution < 1.29 is 0 Å². The van der Waals surface area contributed by atoms with Gasteiger partial charge in [-0.15, -0.1) is 0 Å². The average molecular weight is 208 g/mol. The second-order valence-electron chi connectivity index (χ2n) is 6.38. The highest BCUT2D eigenvalue weighted by molar-refractivity contribution is 4.95. The highest BCUT2D eigenvalue weighted by atomic mass is 14.5. The van der Waals surface area contributed by atoms with Crippen molar-refractivity contribution in [3.63, 3.8) is 0 Å². The predicted octanol–water partition coefficient (Wildman–Crippen LogP) is 5.03. The molecule has 0 aromatic heterocycles. The molecule has 0 heteroatoms. The van der Waals surface area contributed by atoms with Crippen LogP contribution in [0.2, 0.25) is 0 Å². The second kappa shape index (κ2) is 4.47. The fraction of sp³-hybridized carbons (Fsp3) is 1.00. The van der Waals surface area contributed by atoms with E-state index < -0.39 is 0 Å². The van der Waals surface area contributed by atoms with Crippen LogP contribution < -0.4 is 0 Å². The van der Waals surface area contributed by atoms with E-state index in [1.165, 1.54) is 44.9 Å². The van der Waals surface area contributed by atoms with Gasteiger partial charge < -0.3 is 0 Å². The molecule has 0 spiro atoms. The van der Waals surface area contributed by atoms with Crippen molar-refractivity contribution in [3.05, 3.63) is 0 Å². The van der Waals surface area contributed by atoms with E-state index in [-0.39, 0.29) is 0 Å². The molecule has 0 nitrogen and oxygen atoms in total. The van der Waals surface area contributed by atoms with Crippen LogP contribution in [0.1, 0.15) is 72.1 Å². The lowest BCUT2D eigenvalue weighted by Gasteiger charge is -2.35. The van der Waals surface area contributed by atoms with Crippen LogP contribution in [-0.4, -0.2) is 0 Å². The predicted molar refractivity (Wildman–Crippen MR) is 66.9 cm³/mol.